The molecular weight excluding hydrogens is 671 g/mol. The highest BCUT2D eigenvalue weighted by atomic mass is 35.5. The molecule has 0 saturated carbocycles. The van der Waals surface area contributed by atoms with E-state index in [9.17, 15) is 21.9 Å². The molecule has 0 bridgehead atoms. The molecule has 11 nitrogen and oxygen atoms in total. The lowest BCUT2D eigenvalue weighted by Crippen LogP contribution is -2.16. The van der Waals surface area contributed by atoms with Gasteiger partial charge in [-0.05, 0) is 42.5 Å². The average Bonchev–Trinajstić information content (AvgIpc) is 3.65. The number of sulfonamides is 2. The van der Waals surface area contributed by atoms with Crippen LogP contribution in [0.3, 0.4) is 0 Å². The molecule has 0 amide bonds. The Morgan fingerprint density at radius 3 is 1.74 bits per heavy atom. The molecule has 6 rings (SSSR count). The monoisotopic (exact) mass is 696 g/mol. The molecule has 0 fully saturated rings. The fraction of sp³-hybridized carbons (Fsp3) is 0.0323. The highest BCUT2D eigenvalue weighted by molar-refractivity contribution is 7.89. The molecule has 0 aliphatic heterocycles. The summed E-state index contributed by atoms with van der Waals surface area (Å²) in [6.07, 6.45) is 1.48. The van der Waals surface area contributed by atoms with Crippen LogP contribution in [0.2, 0.25) is 10.0 Å². The van der Waals surface area contributed by atoms with Gasteiger partial charge in [-0.3, -0.25) is 0 Å². The van der Waals surface area contributed by atoms with E-state index in [2.05, 4.69) is 10.2 Å². The van der Waals surface area contributed by atoms with Gasteiger partial charge in [-0.1, -0.05) is 89.9 Å². The molecule has 0 radical (unpaired) electrons. The van der Waals surface area contributed by atoms with Crippen LogP contribution in [0, 0.1) is 0 Å². The minimum absolute atomic E-state index is 0.00746. The summed E-state index contributed by atoms with van der Waals surface area (Å²) < 4.78 is 50.2. The third-order valence-corrected chi connectivity index (χ3v) is 9.08. The Balaban J connectivity index is 0.000000182. The van der Waals surface area contributed by atoms with Crippen molar-refractivity contribution in [3.05, 3.63) is 131 Å². The SMILES string of the molecule is NS(=O)(=O)c1ccccc1-n1nc(CO)cc1-c1ccc(Cl)cc1.NS(=O)(=O)c1ccccc1-n1ncc(Cl)c1-c1ccccc1. The fourth-order valence-electron chi connectivity index (χ4n) is 4.63. The molecule has 4 aromatic carbocycles. The van der Waals surface area contributed by atoms with Crippen LogP contribution in [0.5, 0.6) is 0 Å². The summed E-state index contributed by atoms with van der Waals surface area (Å²) in [5.41, 5.74) is 3.90. The van der Waals surface area contributed by atoms with Gasteiger partial charge >= 0.3 is 0 Å². The number of halogens is 2. The third-order valence-electron chi connectivity index (χ3n) is 6.63. The molecule has 2 heterocycles. The summed E-state index contributed by atoms with van der Waals surface area (Å²) >= 11 is 12.1. The van der Waals surface area contributed by atoms with Crippen molar-refractivity contribution in [2.75, 3.05) is 0 Å². The van der Waals surface area contributed by atoms with Gasteiger partial charge in [0.05, 0.1) is 46.3 Å². The number of hydrogen-bond acceptors (Lipinski definition) is 7. The Morgan fingerprint density at radius 2 is 1.20 bits per heavy atom. The summed E-state index contributed by atoms with van der Waals surface area (Å²) in [6.45, 7) is -0.273. The first-order chi connectivity index (χ1) is 21.9. The largest absolute Gasteiger partial charge is 0.390 e. The van der Waals surface area contributed by atoms with Crippen molar-refractivity contribution in [1.29, 1.82) is 0 Å². The van der Waals surface area contributed by atoms with Gasteiger partial charge < -0.3 is 5.11 Å². The maximum Gasteiger partial charge on any atom is 0.240 e. The van der Waals surface area contributed by atoms with E-state index in [1.165, 1.54) is 27.7 Å². The number of aliphatic hydroxyl groups is 1. The predicted octanol–water partition coefficient (Wildman–Crippen LogP) is 5.17. The molecule has 15 heteroatoms. The molecule has 6 aromatic rings. The van der Waals surface area contributed by atoms with Gasteiger partial charge in [-0.2, -0.15) is 10.2 Å². The number of aromatic nitrogens is 4. The van der Waals surface area contributed by atoms with Gasteiger partial charge in [-0.25, -0.2) is 36.5 Å². The minimum atomic E-state index is -3.93. The first-order valence-corrected chi connectivity index (χ1v) is 17.2. The van der Waals surface area contributed by atoms with E-state index in [0.717, 1.165) is 11.1 Å². The number of benzene rings is 4. The van der Waals surface area contributed by atoms with Crippen molar-refractivity contribution in [1.82, 2.24) is 19.6 Å². The van der Waals surface area contributed by atoms with Crippen molar-refractivity contribution >= 4 is 43.2 Å². The summed E-state index contributed by atoms with van der Waals surface area (Å²) in [5.74, 6) is 0. The second-order valence-electron chi connectivity index (χ2n) is 9.74. The van der Waals surface area contributed by atoms with E-state index >= 15 is 0 Å². The van der Waals surface area contributed by atoms with E-state index in [1.54, 1.807) is 66.7 Å². The Hall–Kier alpha value is -4.34. The first-order valence-electron chi connectivity index (χ1n) is 13.4. The Labute approximate surface area is 275 Å². The van der Waals surface area contributed by atoms with E-state index in [1.807, 2.05) is 30.3 Å². The highest BCUT2D eigenvalue weighted by Crippen LogP contribution is 2.32. The van der Waals surface area contributed by atoms with Gasteiger partial charge in [0, 0.05) is 16.1 Å². The summed E-state index contributed by atoms with van der Waals surface area (Å²) in [5, 5.41) is 29.5. The zero-order valence-corrected chi connectivity index (χ0v) is 26.9. The van der Waals surface area contributed by atoms with Crippen LogP contribution < -0.4 is 10.3 Å². The van der Waals surface area contributed by atoms with Gasteiger partial charge in [0.1, 0.15) is 9.79 Å². The number of nitrogens with zero attached hydrogens (tertiary/aromatic N) is 4. The summed E-state index contributed by atoms with van der Waals surface area (Å²) in [7, 11) is -7.80. The Bertz CT molecular complexity index is 2220. The van der Waals surface area contributed by atoms with Crippen LogP contribution in [0.15, 0.2) is 125 Å². The van der Waals surface area contributed by atoms with Crippen LogP contribution in [0.1, 0.15) is 5.69 Å². The zero-order chi connectivity index (χ0) is 33.1. The smallest absolute Gasteiger partial charge is 0.240 e. The van der Waals surface area contributed by atoms with E-state index in [-0.39, 0.29) is 16.4 Å². The second-order valence-corrected chi connectivity index (χ2v) is 13.6. The lowest BCUT2D eigenvalue weighted by atomic mass is 10.1. The predicted molar refractivity (Wildman–Crippen MR) is 177 cm³/mol. The first kappa shape index (κ1) is 33.0. The van der Waals surface area contributed by atoms with Crippen LogP contribution in [0.25, 0.3) is 33.9 Å². The highest BCUT2D eigenvalue weighted by Gasteiger charge is 2.21. The average molecular weight is 698 g/mol. The van der Waals surface area contributed by atoms with Gasteiger partial charge in [-0.15, -0.1) is 0 Å². The van der Waals surface area contributed by atoms with Crippen molar-refractivity contribution in [2.24, 2.45) is 10.3 Å². The van der Waals surface area contributed by atoms with Crippen LogP contribution in [-0.4, -0.2) is 41.5 Å². The van der Waals surface area contributed by atoms with Gasteiger partial charge in [0.15, 0.2) is 0 Å². The minimum Gasteiger partial charge on any atom is -0.390 e. The second kappa shape index (κ2) is 13.6. The molecule has 0 unspecified atom stereocenters. The maximum atomic E-state index is 11.9. The quantitative estimate of drug-likeness (QED) is 0.206. The number of nitrogens with two attached hydrogens (primary N) is 2. The molecule has 236 valence electrons. The van der Waals surface area contributed by atoms with Crippen LogP contribution in [0.4, 0.5) is 0 Å². The molecule has 0 spiro atoms. The molecule has 0 aliphatic rings. The number of primary sulfonamides is 2. The number of para-hydroxylation sites is 2. The molecule has 2 aromatic heterocycles. The normalized spacial score (nSPS) is 11.6. The summed E-state index contributed by atoms with van der Waals surface area (Å²) in [6, 6.07) is 30.8. The summed E-state index contributed by atoms with van der Waals surface area (Å²) in [4.78, 5) is -0.0558. The van der Waals surface area contributed by atoms with E-state index in [0.29, 0.717) is 38.5 Å². The van der Waals surface area contributed by atoms with Crippen LogP contribution in [-0.2, 0) is 26.7 Å². The Morgan fingerprint density at radius 1 is 0.674 bits per heavy atom. The van der Waals surface area contributed by atoms with Crippen LogP contribution >= 0.6 is 23.2 Å². The van der Waals surface area contributed by atoms with Crippen molar-refractivity contribution in [3.8, 4) is 33.9 Å². The van der Waals surface area contributed by atoms with E-state index in [4.69, 9.17) is 33.5 Å². The van der Waals surface area contributed by atoms with E-state index < -0.39 is 20.0 Å². The standard InChI is InChI=1S/C16H14ClN3O3S.C15H12ClN3O2S/c17-12-7-5-11(6-8-12)15-9-13(10-21)19-20(15)14-3-1-2-4-16(14)24(18,22)23;16-12-10-18-19(15(12)11-6-2-1-3-7-11)13-8-4-5-9-14(13)22(17,20)21/h1-9,21H,10H2,(H2,18,22,23);1-10H,(H2,17,20,21). The van der Waals surface area contributed by atoms with Crippen molar-refractivity contribution in [2.45, 2.75) is 16.4 Å². The molecule has 5 N–H and O–H groups in total. The topological polar surface area (TPSA) is 176 Å². The molecular formula is C31H26Cl2N6O5S2. The third kappa shape index (κ3) is 7.21. The van der Waals surface area contributed by atoms with Crippen molar-refractivity contribution < 1.29 is 21.9 Å². The maximum absolute atomic E-state index is 11.9. The molecule has 0 saturated heterocycles. The number of hydrogen-bond donors (Lipinski definition) is 3. The number of rotatable bonds is 7. The zero-order valence-electron chi connectivity index (χ0n) is 23.8. The fourth-order valence-corrected chi connectivity index (χ4v) is 6.42. The lowest BCUT2D eigenvalue weighted by molar-refractivity contribution is 0.276. The number of aliphatic hydroxyl groups excluding tert-OH is 1. The van der Waals surface area contributed by atoms with Gasteiger partial charge in [0.2, 0.25) is 20.0 Å². The molecule has 0 aliphatic carbocycles. The molecule has 0 atom stereocenters. The lowest BCUT2D eigenvalue weighted by Gasteiger charge is -2.11. The molecule has 46 heavy (non-hydrogen) atoms. The Kier molecular flexibility index (Phi) is 9.74. The van der Waals surface area contributed by atoms with Gasteiger partial charge in [0.25, 0.3) is 0 Å². The van der Waals surface area contributed by atoms with Crippen molar-refractivity contribution in [3.63, 3.8) is 0 Å².